The Bertz CT molecular complexity index is 685. The predicted molar refractivity (Wildman–Crippen MR) is 91.5 cm³/mol. The number of nitrogens with one attached hydrogen (secondary N) is 1. The lowest BCUT2D eigenvalue weighted by atomic mass is 10.2. The normalized spacial score (nSPS) is 16.2. The van der Waals surface area contributed by atoms with Crippen LogP contribution >= 0.6 is 0 Å². The number of carbonyl (C=O) groups excluding carboxylic acids is 1. The fraction of sp³-hybridized carbons (Fsp3) is 0.533. The molecule has 0 aliphatic carbocycles. The van der Waals surface area contributed by atoms with Gasteiger partial charge < -0.3 is 15.0 Å². The van der Waals surface area contributed by atoms with E-state index in [1.54, 1.807) is 25.0 Å². The predicted octanol–water partition coefficient (Wildman–Crippen LogP) is 0.438. The topological polar surface area (TPSA) is 105 Å². The Morgan fingerprint density at radius 3 is 2.54 bits per heavy atom. The van der Waals surface area contributed by atoms with Crippen molar-refractivity contribution in [3.8, 4) is 0 Å². The van der Waals surface area contributed by atoms with Crippen molar-refractivity contribution in [3.05, 3.63) is 23.8 Å². The van der Waals surface area contributed by atoms with Gasteiger partial charge >= 0.3 is 6.03 Å². The third-order valence-corrected chi connectivity index (χ3v) is 4.96. The van der Waals surface area contributed by atoms with E-state index in [0.717, 1.165) is 25.2 Å². The van der Waals surface area contributed by atoms with Crippen LogP contribution in [0.4, 0.5) is 10.5 Å². The molecule has 0 atom stereocenters. The van der Waals surface area contributed by atoms with Gasteiger partial charge in [-0.1, -0.05) is 6.07 Å². The maximum absolute atomic E-state index is 12.4. The summed E-state index contributed by atoms with van der Waals surface area (Å²) >= 11 is 0. The Labute approximate surface area is 142 Å². The second-order valence-electron chi connectivity index (χ2n) is 5.77. The lowest BCUT2D eigenvalue weighted by Gasteiger charge is -2.34. The molecule has 0 radical (unpaired) electrons. The van der Waals surface area contributed by atoms with E-state index in [4.69, 9.17) is 9.88 Å². The van der Waals surface area contributed by atoms with Gasteiger partial charge in [-0.2, -0.15) is 0 Å². The van der Waals surface area contributed by atoms with E-state index in [-0.39, 0.29) is 10.9 Å². The second kappa shape index (κ2) is 7.93. The van der Waals surface area contributed by atoms with Gasteiger partial charge in [-0.25, -0.2) is 18.4 Å². The standard InChI is InChI=1S/C15H24N4O4S/c1-12-3-4-13(24(16,21)22)11-14(12)17-15(20)19-7-5-18(6-8-19)9-10-23-2/h3-4,11H,5-10H2,1-2H3,(H,17,20)(H2,16,21,22). The molecule has 1 aromatic carbocycles. The number of carbonyl (C=O) groups is 1. The highest BCUT2D eigenvalue weighted by molar-refractivity contribution is 7.89. The molecule has 1 fully saturated rings. The molecule has 0 bridgehead atoms. The third-order valence-electron chi connectivity index (χ3n) is 4.05. The summed E-state index contributed by atoms with van der Waals surface area (Å²) in [7, 11) is -2.13. The summed E-state index contributed by atoms with van der Waals surface area (Å²) in [6, 6.07) is 4.20. The Balaban J connectivity index is 1.98. The van der Waals surface area contributed by atoms with Crippen LogP contribution < -0.4 is 10.5 Å². The minimum absolute atomic E-state index is 0.0206. The molecule has 8 nitrogen and oxygen atoms in total. The summed E-state index contributed by atoms with van der Waals surface area (Å²) in [6.07, 6.45) is 0. The van der Waals surface area contributed by atoms with E-state index in [2.05, 4.69) is 10.2 Å². The summed E-state index contributed by atoms with van der Waals surface area (Å²) in [6.45, 7) is 6.12. The first kappa shape index (κ1) is 18.7. The van der Waals surface area contributed by atoms with Crippen molar-refractivity contribution in [1.82, 2.24) is 9.80 Å². The van der Waals surface area contributed by atoms with Crippen molar-refractivity contribution in [3.63, 3.8) is 0 Å². The van der Waals surface area contributed by atoms with Crippen molar-refractivity contribution in [2.75, 3.05) is 51.8 Å². The van der Waals surface area contributed by atoms with E-state index in [0.29, 0.717) is 25.4 Å². The number of hydrogen-bond acceptors (Lipinski definition) is 5. The molecule has 2 rings (SSSR count). The zero-order valence-corrected chi connectivity index (χ0v) is 14.8. The van der Waals surface area contributed by atoms with Gasteiger partial charge in [-0.05, 0) is 24.6 Å². The van der Waals surface area contributed by atoms with Crippen LogP contribution in [-0.4, -0.2) is 70.7 Å². The Hall–Kier alpha value is -1.68. The molecule has 3 N–H and O–H groups in total. The van der Waals surface area contributed by atoms with Crippen molar-refractivity contribution in [2.45, 2.75) is 11.8 Å². The van der Waals surface area contributed by atoms with Crippen LogP contribution in [0.5, 0.6) is 0 Å². The number of methoxy groups -OCH3 is 1. The van der Waals surface area contributed by atoms with E-state index in [1.807, 2.05) is 0 Å². The minimum atomic E-state index is -3.80. The van der Waals surface area contributed by atoms with Crippen LogP contribution in [-0.2, 0) is 14.8 Å². The molecule has 1 aliphatic rings. The molecule has 0 spiro atoms. The van der Waals surface area contributed by atoms with Crippen molar-refractivity contribution in [1.29, 1.82) is 0 Å². The van der Waals surface area contributed by atoms with Crippen LogP contribution in [0.15, 0.2) is 23.1 Å². The van der Waals surface area contributed by atoms with Gasteiger partial charge in [0.1, 0.15) is 0 Å². The molecule has 134 valence electrons. The zero-order valence-electron chi connectivity index (χ0n) is 14.0. The van der Waals surface area contributed by atoms with Crippen LogP contribution in [0.1, 0.15) is 5.56 Å². The minimum Gasteiger partial charge on any atom is -0.383 e. The Morgan fingerprint density at radius 1 is 1.29 bits per heavy atom. The van der Waals surface area contributed by atoms with Crippen molar-refractivity contribution in [2.24, 2.45) is 5.14 Å². The monoisotopic (exact) mass is 356 g/mol. The van der Waals surface area contributed by atoms with E-state index in [1.165, 1.54) is 12.1 Å². The number of ether oxygens (including phenoxy) is 1. The van der Waals surface area contributed by atoms with Crippen molar-refractivity contribution >= 4 is 21.7 Å². The van der Waals surface area contributed by atoms with Gasteiger partial charge in [0.25, 0.3) is 0 Å². The molecule has 24 heavy (non-hydrogen) atoms. The number of piperazine rings is 1. The maximum atomic E-state index is 12.4. The van der Waals surface area contributed by atoms with Crippen LogP contribution in [0, 0.1) is 6.92 Å². The third kappa shape index (κ3) is 4.91. The number of nitrogens with two attached hydrogens (primary N) is 1. The van der Waals surface area contributed by atoms with Gasteiger partial charge in [0.15, 0.2) is 0 Å². The van der Waals surface area contributed by atoms with E-state index < -0.39 is 10.0 Å². The molecule has 2 amide bonds. The zero-order chi connectivity index (χ0) is 17.7. The number of rotatable bonds is 5. The molecule has 1 aromatic rings. The molecule has 0 aromatic heterocycles. The summed E-state index contributed by atoms with van der Waals surface area (Å²) in [5.74, 6) is 0. The van der Waals surface area contributed by atoms with E-state index in [9.17, 15) is 13.2 Å². The summed E-state index contributed by atoms with van der Waals surface area (Å²) in [4.78, 5) is 16.3. The molecule has 1 aliphatic heterocycles. The number of aryl methyl sites for hydroxylation is 1. The van der Waals surface area contributed by atoms with Crippen LogP contribution in [0.3, 0.4) is 0 Å². The molecule has 0 saturated carbocycles. The van der Waals surface area contributed by atoms with Gasteiger partial charge in [0, 0.05) is 45.5 Å². The first-order valence-electron chi connectivity index (χ1n) is 7.72. The number of nitrogens with zero attached hydrogens (tertiary/aromatic N) is 2. The highest BCUT2D eigenvalue weighted by atomic mass is 32.2. The molecule has 9 heteroatoms. The maximum Gasteiger partial charge on any atom is 0.321 e. The average molecular weight is 356 g/mol. The Morgan fingerprint density at radius 2 is 1.96 bits per heavy atom. The largest absolute Gasteiger partial charge is 0.383 e. The summed E-state index contributed by atoms with van der Waals surface area (Å²) in [5, 5.41) is 7.91. The number of benzene rings is 1. The molecular formula is C15H24N4O4S. The highest BCUT2D eigenvalue weighted by Crippen LogP contribution is 2.20. The first-order chi connectivity index (χ1) is 11.3. The Kier molecular flexibility index (Phi) is 6.16. The number of primary sulfonamides is 1. The number of urea groups is 1. The molecular weight excluding hydrogens is 332 g/mol. The summed E-state index contributed by atoms with van der Waals surface area (Å²) < 4.78 is 27.9. The highest BCUT2D eigenvalue weighted by Gasteiger charge is 2.21. The fourth-order valence-corrected chi connectivity index (χ4v) is 3.04. The van der Waals surface area contributed by atoms with Gasteiger partial charge in [-0.3, -0.25) is 4.90 Å². The number of anilines is 1. The summed E-state index contributed by atoms with van der Waals surface area (Å²) in [5.41, 5.74) is 1.22. The molecule has 1 heterocycles. The molecule has 1 saturated heterocycles. The first-order valence-corrected chi connectivity index (χ1v) is 9.26. The van der Waals surface area contributed by atoms with Gasteiger partial charge in [0.05, 0.1) is 11.5 Å². The lowest BCUT2D eigenvalue weighted by molar-refractivity contribution is 0.109. The average Bonchev–Trinajstić information content (AvgIpc) is 2.54. The number of amides is 2. The number of sulfonamides is 1. The van der Waals surface area contributed by atoms with E-state index >= 15 is 0 Å². The lowest BCUT2D eigenvalue weighted by Crippen LogP contribution is -2.50. The second-order valence-corrected chi connectivity index (χ2v) is 7.33. The smallest absolute Gasteiger partial charge is 0.321 e. The van der Waals surface area contributed by atoms with Gasteiger partial charge in [0.2, 0.25) is 10.0 Å². The van der Waals surface area contributed by atoms with Crippen molar-refractivity contribution < 1.29 is 17.9 Å². The SMILES string of the molecule is COCCN1CCN(C(=O)Nc2cc(S(N)(=O)=O)ccc2C)CC1. The quantitative estimate of drug-likeness (QED) is 0.796. The van der Waals surface area contributed by atoms with Gasteiger partial charge in [-0.15, -0.1) is 0 Å². The fourth-order valence-electron chi connectivity index (χ4n) is 2.50. The van der Waals surface area contributed by atoms with Crippen LogP contribution in [0.2, 0.25) is 0 Å². The van der Waals surface area contributed by atoms with Crippen LogP contribution in [0.25, 0.3) is 0 Å². The molecule has 0 unspecified atom stereocenters. The number of hydrogen-bond donors (Lipinski definition) is 2.